The zero-order valence-electron chi connectivity index (χ0n) is 11.9. The molecule has 0 bridgehead atoms. The van der Waals surface area contributed by atoms with Gasteiger partial charge in [0.05, 0.1) is 19.7 Å². The van der Waals surface area contributed by atoms with Crippen LogP contribution in [0.1, 0.15) is 24.4 Å². The fraction of sp³-hybridized carbons (Fsp3) is 0.438. The van der Waals surface area contributed by atoms with Gasteiger partial charge in [-0.05, 0) is 36.5 Å². The van der Waals surface area contributed by atoms with E-state index in [1.165, 1.54) is 12.8 Å². The van der Waals surface area contributed by atoms with Gasteiger partial charge in [0.15, 0.2) is 0 Å². The van der Waals surface area contributed by atoms with Crippen LogP contribution in [-0.2, 0) is 4.79 Å². The van der Waals surface area contributed by atoms with Crippen molar-refractivity contribution in [2.24, 2.45) is 5.92 Å². The number of rotatable bonds is 8. The summed E-state index contributed by atoms with van der Waals surface area (Å²) in [7, 11) is 1.65. The Morgan fingerprint density at radius 2 is 2.15 bits per heavy atom. The molecule has 1 aliphatic carbocycles. The van der Waals surface area contributed by atoms with Gasteiger partial charge in [-0.15, -0.1) is 6.58 Å². The quantitative estimate of drug-likeness (QED) is 0.563. The molecule has 4 nitrogen and oxygen atoms in total. The molecule has 1 atom stereocenters. The Hall–Kier alpha value is -1.81. The average Bonchev–Trinajstić information content (AvgIpc) is 3.30. The van der Waals surface area contributed by atoms with Gasteiger partial charge in [-0.3, -0.25) is 4.79 Å². The van der Waals surface area contributed by atoms with Crippen molar-refractivity contribution in [1.29, 1.82) is 0 Å². The number of amides is 1. The lowest BCUT2D eigenvalue weighted by molar-refractivity contribution is -0.121. The van der Waals surface area contributed by atoms with Gasteiger partial charge in [0.1, 0.15) is 5.75 Å². The number of carbonyl (C=O) groups excluding carboxylic acids is 1. The van der Waals surface area contributed by atoms with Crippen molar-refractivity contribution in [3.63, 3.8) is 0 Å². The first kappa shape index (κ1) is 14.6. The highest BCUT2D eigenvalue weighted by atomic mass is 16.5. The third-order valence-corrected chi connectivity index (χ3v) is 3.46. The van der Waals surface area contributed by atoms with Crippen LogP contribution in [0.2, 0.25) is 0 Å². The Morgan fingerprint density at radius 1 is 1.45 bits per heavy atom. The van der Waals surface area contributed by atoms with Crippen molar-refractivity contribution in [1.82, 2.24) is 10.6 Å². The molecule has 2 N–H and O–H groups in total. The second-order valence-corrected chi connectivity index (χ2v) is 5.08. The van der Waals surface area contributed by atoms with Crippen LogP contribution in [0.3, 0.4) is 0 Å². The molecule has 1 aromatic carbocycles. The highest BCUT2D eigenvalue weighted by Crippen LogP contribution is 2.41. The van der Waals surface area contributed by atoms with Crippen molar-refractivity contribution in [3.8, 4) is 5.75 Å². The molecule has 1 fully saturated rings. The van der Waals surface area contributed by atoms with Gasteiger partial charge >= 0.3 is 0 Å². The first-order chi connectivity index (χ1) is 9.74. The largest absolute Gasteiger partial charge is 0.497 e. The van der Waals surface area contributed by atoms with Crippen molar-refractivity contribution in [2.45, 2.75) is 18.9 Å². The fourth-order valence-electron chi connectivity index (χ4n) is 2.23. The number of hydrogen-bond acceptors (Lipinski definition) is 3. The minimum Gasteiger partial charge on any atom is -0.497 e. The SMILES string of the molecule is C=CCNCC(=O)NC(c1ccc(OC)cc1)C1CC1. The minimum absolute atomic E-state index is 0.0274. The molecule has 1 unspecified atom stereocenters. The van der Waals surface area contributed by atoms with Crippen LogP contribution < -0.4 is 15.4 Å². The maximum atomic E-state index is 11.9. The summed E-state index contributed by atoms with van der Waals surface area (Å²) in [4.78, 5) is 11.9. The van der Waals surface area contributed by atoms with Gasteiger partial charge in [-0.1, -0.05) is 18.2 Å². The van der Waals surface area contributed by atoms with Gasteiger partial charge in [0.25, 0.3) is 0 Å². The second kappa shape index (κ2) is 7.10. The van der Waals surface area contributed by atoms with Crippen molar-refractivity contribution < 1.29 is 9.53 Å². The molecule has 0 saturated heterocycles. The van der Waals surface area contributed by atoms with E-state index in [1.807, 2.05) is 24.3 Å². The Balaban J connectivity index is 1.95. The molecule has 0 spiro atoms. The molecule has 4 heteroatoms. The lowest BCUT2D eigenvalue weighted by Crippen LogP contribution is -2.37. The molecule has 0 aliphatic heterocycles. The van der Waals surface area contributed by atoms with E-state index in [1.54, 1.807) is 13.2 Å². The highest BCUT2D eigenvalue weighted by Gasteiger charge is 2.33. The maximum absolute atomic E-state index is 11.9. The van der Waals surface area contributed by atoms with Crippen molar-refractivity contribution in [2.75, 3.05) is 20.2 Å². The number of methoxy groups -OCH3 is 1. The van der Waals surface area contributed by atoms with Crippen LogP contribution in [0.4, 0.5) is 0 Å². The van der Waals surface area contributed by atoms with Crippen LogP contribution in [0.25, 0.3) is 0 Å². The monoisotopic (exact) mass is 274 g/mol. The Morgan fingerprint density at radius 3 is 2.70 bits per heavy atom. The summed E-state index contributed by atoms with van der Waals surface area (Å²) in [5.41, 5.74) is 1.14. The molecule has 108 valence electrons. The topological polar surface area (TPSA) is 50.4 Å². The molecule has 2 rings (SSSR count). The van der Waals surface area contributed by atoms with Crippen LogP contribution in [0.15, 0.2) is 36.9 Å². The Labute approximate surface area is 120 Å². The van der Waals surface area contributed by atoms with E-state index in [9.17, 15) is 4.79 Å². The predicted octanol–water partition coefficient (Wildman–Crippen LogP) is 2.04. The van der Waals surface area contributed by atoms with Crippen LogP contribution in [0.5, 0.6) is 5.75 Å². The summed E-state index contributed by atoms with van der Waals surface area (Å²) < 4.78 is 5.16. The average molecular weight is 274 g/mol. The van der Waals surface area contributed by atoms with E-state index in [0.29, 0.717) is 19.0 Å². The molecular formula is C16H22N2O2. The zero-order chi connectivity index (χ0) is 14.4. The zero-order valence-corrected chi connectivity index (χ0v) is 11.9. The highest BCUT2D eigenvalue weighted by molar-refractivity contribution is 5.78. The summed E-state index contributed by atoms with van der Waals surface area (Å²) in [6.07, 6.45) is 4.10. The number of benzene rings is 1. The van der Waals surface area contributed by atoms with Crippen molar-refractivity contribution in [3.05, 3.63) is 42.5 Å². The lowest BCUT2D eigenvalue weighted by Gasteiger charge is -2.19. The maximum Gasteiger partial charge on any atom is 0.234 e. The fourth-order valence-corrected chi connectivity index (χ4v) is 2.23. The summed E-state index contributed by atoms with van der Waals surface area (Å²) in [6.45, 7) is 4.58. The van der Waals surface area contributed by atoms with E-state index in [0.717, 1.165) is 11.3 Å². The molecule has 1 aliphatic rings. The third-order valence-electron chi connectivity index (χ3n) is 3.46. The first-order valence-electron chi connectivity index (χ1n) is 6.99. The predicted molar refractivity (Wildman–Crippen MR) is 79.7 cm³/mol. The normalized spacial score (nSPS) is 15.4. The first-order valence-corrected chi connectivity index (χ1v) is 6.99. The van der Waals surface area contributed by atoms with E-state index in [2.05, 4.69) is 17.2 Å². The summed E-state index contributed by atoms with van der Waals surface area (Å²) in [5, 5.41) is 6.13. The molecule has 0 aromatic heterocycles. The van der Waals surface area contributed by atoms with E-state index in [4.69, 9.17) is 4.74 Å². The van der Waals surface area contributed by atoms with E-state index in [-0.39, 0.29) is 11.9 Å². The van der Waals surface area contributed by atoms with Crippen LogP contribution >= 0.6 is 0 Å². The smallest absolute Gasteiger partial charge is 0.234 e. The Bertz CT molecular complexity index is 452. The van der Waals surface area contributed by atoms with E-state index < -0.39 is 0 Å². The molecule has 1 saturated carbocycles. The number of nitrogens with one attached hydrogen (secondary N) is 2. The summed E-state index contributed by atoms with van der Waals surface area (Å²) in [6, 6.07) is 8.04. The number of hydrogen-bond donors (Lipinski definition) is 2. The second-order valence-electron chi connectivity index (χ2n) is 5.08. The van der Waals surface area contributed by atoms with Crippen molar-refractivity contribution >= 4 is 5.91 Å². The third kappa shape index (κ3) is 4.10. The molecule has 0 heterocycles. The van der Waals surface area contributed by atoms with Gasteiger partial charge in [-0.2, -0.15) is 0 Å². The molecule has 1 amide bonds. The van der Waals surface area contributed by atoms with Gasteiger partial charge in [-0.25, -0.2) is 0 Å². The Kier molecular flexibility index (Phi) is 5.18. The molecule has 20 heavy (non-hydrogen) atoms. The summed E-state index contributed by atoms with van der Waals surface area (Å²) in [5.74, 6) is 1.42. The van der Waals surface area contributed by atoms with Gasteiger partial charge in [0.2, 0.25) is 5.91 Å². The lowest BCUT2D eigenvalue weighted by atomic mass is 10.0. The number of carbonyl (C=O) groups is 1. The minimum atomic E-state index is 0.0274. The van der Waals surface area contributed by atoms with Gasteiger partial charge in [0, 0.05) is 6.54 Å². The van der Waals surface area contributed by atoms with Crippen LogP contribution in [0, 0.1) is 5.92 Å². The molecule has 0 radical (unpaired) electrons. The number of ether oxygens (including phenoxy) is 1. The summed E-state index contributed by atoms with van der Waals surface area (Å²) >= 11 is 0. The van der Waals surface area contributed by atoms with Crippen LogP contribution in [-0.4, -0.2) is 26.1 Å². The standard InChI is InChI=1S/C16H22N2O2/c1-3-10-17-11-15(19)18-16(12-4-5-12)13-6-8-14(20-2)9-7-13/h3,6-9,12,16-17H,1,4-5,10-11H2,2H3,(H,18,19). The molecule has 1 aromatic rings. The van der Waals surface area contributed by atoms with E-state index >= 15 is 0 Å². The van der Waals surface area contributed by atoms with Gasteiger partial charge < -0.3 is 15.4 Å². The molecular weight excluding hydrogens is 252 g/mol.